The Kier molecular flexibility index (Phi) is 14.6. The van der Waals surface area contributed by atoms with E-state index in [-0.39, 0.29) is 24.3 Å². The third-order valence-electron chi connectivity index (χ3n) is 9.12. The van der Waals surface area contributed by atoms with Gasteiger partial charge in [-0.1, -0.05) is 18.2 Å². The minimum absolute atomic E-state index is 0.296. The Morgan fingerprint density at radius 2 is 0.625 bits per heavy atom. The molecule has 0 heterocycles. The molecule has 5 aromatic rings. The smallest absolute Gasteiger partial charge is 0.379 e. The second-order valence-corrected chi connectivity index (χ2v) is 21.6. The topological polar surface area (TPSA) is 130 Å². The first-order valence-corrected chi connectivity index (χ1v) is 23.8. The third kappa shape index (κ3) is 11.1. The number of benzene rings is 5. The zero-order chi connectivity index (χ0) is 54.9. The minimum Gasteiger partial charge on any atom is -0.379 e. The van der Waals surface area contributed by atoms with E-state index in [1.54, 1.807) is 0 Å². The highest BCUT2D eigenvalue weighted by molar-refractivity contribution is 8.33. The SMILES string of the molecule is O=S(=O)(Oc1ccc(S(OS(=O)(=O)C(F)(F)C(F)(F)C(F)(F)C(F)(F)F)(c2ccccc2)c2ccc(OS(=O)(=O)c3cc(C(F)(F)F)cc(C(F)(F)F)c3)cc2)cc1)c1cc(C(F)(F)F)cc(C(F)(F)F)c1. The summed E-state index contributed by atoms with van der Waals surface area (Å²) in [7, 11) is -24.8. The molecule has 72 heavy (non-hydrogen) atoms. The van der Waals surface area contributed by atoms with Gasteiger partial charge >= 0.3 is 78.3 Å². The summed E-state index contributed by atoms with van der Waals surface area (Å²) in [5.74, 6) is -18.2. The Bertz CT molecular complexity index is 2940. The molecule has 0 spiro atoms. The Hall–Kier alpha value is -5.61. The summed E-state index contributed by atoms with van der Waals surface area (Å²) in [4.78, 5) is -6.71. The summed E-state index contributed by atoms with van der Waals surface area (Å²) in [5.41, 5.74) is -8.72. The van der Waals surface area contributed by atoms with Crippen LogP contribution in [0.4, 0.5) is 92.2 Å². The second kappa shape index (κ2) is 18.4. The molecule has 0 amide bonds. The number of alkyl halides is 21. The molecule has 0 saturated carbocycles. The molecule has 0 unspecified atom stereocenters. The zero-order valence-corrected chi connectivity index (χ0v) is 37.0. The van der Waals surface area contributed by atoms with Crippen LogP contribution in [-0.4, -0.2) is 48.5 Å². The van der Waals surface area contributed by atoms with E-state index in [2.05, 4.69) is 12.0 Å². The lowest BCUT2D eigenvalue weighted by molar-refractivity contribution is -0.382. The van der Waals surface area contributed by atoms with Gasteiger partial charge in [0.25, 0.3) is 0 Å². The van der Waals surface area contributed by atoms with E-state index in [1.807, 2.05) is 0 Å². The molecule has 0 fully saturated rings. The van der Waals surface area contributed by atoms with E-state index in [0.717, 1.165) is 18.2 Å². The van der Waals surface area contributed by atoms with Crippen molar-refractivity contribution >= 4 is 40.7 Å². The fraction of sp³-hybridized carbons (Fsp3) is 0.211. The zero-order valence-electron chi connectivity index (χ0n) is 33.7. The number of hydrogen-bond acceptors (Lipinski definition) is 9. The third-order valence-corrected chi connectivity index (χ3v) is 16.8. The van der Waals surface area contributed by atoms with Crippen LogP contribution < -0.4 is 8.37 Å². The fourth-order valence-electron chi connectivity index (χ4n) is 5.70. The molecule has 0 bridgehead atoms. The lowest BCUT2D eigenvalue weighted by Gasteiger charge is -2.41. The molecular formula is C38H19F21O9S4. The summed E-state index contributed by atoms with van der Waals surface area (Å²) in [5, 5.41) is -7.64. The second-order valence-electron chi connectivity index (χ2n) is 14.1. The van der Waals surface area contributed by atoms with Gasteiger partial charge in [0.2, 0.25) is 0 Å². The van der Waals surface area contributed by atoms with Crippen LogP contribution in [-0.2, 0) is 58.7 Å². The van der Waals surface area contributed by atoms with Crippen LogP contribution >= 0.6 is 10.3 Å². The van der Waals surface area contributed by atoms with Crippen LogP contribution in [0.5, 0.6) is 11.5 Å². The molecule has 0 aliphatic carbocycles. The maximum absolute atomic E-state index is 15.4. The van der Waals surface area contributed by atoms with Crippen molar-refractivity contribution < 1.29 is 129 Å². The van der Waals surface area contributed by atoms with Gasteiger partial charge in [-0.05, 0) is 107 Å². The maximum Gasteiger partial charge on any atom is 0.460 e. The monoisotopic (exact) mass is 1150 g/mol. The quantitative estimate of drug-likeness (QED) is 0.0788. The molecule has 0 aromatic heterocycles. The summed E-state index contributed by atoms with van der Waals surface area (Å²) < 4.78 is 382. The predicted molar refractivity (Wildman–Crippen MR) is 201 cm³/mol. The van der Waals surface area contributed by atoms with Crippen molar-refractivity contribution in [2.45, 2.75) is 72.5 Å². The first kappa shape index (κ1) is 57.3. The van der Waals surface area contributed by atoms with E-state index in [1.165, 1.54) is 0 Å². The molecule has 0 N–H and O–H groups in total. The summed E-state index contributed by atoms with van der Waals surface area (Å²) in [6.07, 6.45) is -30.1. The van der Waals surface area contributed by atoms with Gasteiger partial charge in [-0.2, -0.15) is 117 Å². The van der Waals surface area contributed by atoms with Crippen molar-refractivity contribution in [3.05, 3.63) is 138 Å². The highest BCUT2D eigenvalue weighted by Crippen LogP contribution is 2.72. The van der Waals surface area contributed by atoms with Crippen molar-refractivity contribution in [1.82, 2.24) is 0 Å². The molecular weight excluding hydrogens is 1130 g/mol. The molecule has 34 heteroatoms. The van der Waals surface area contributed by atoms with Gasteiger partial charge in [0.15, 0.2) is 0 Å². The van der Waals surface area contributed by atoms with Crippen molar-refractivity contribution in [3.63, 3.8) is 0 Å². The molecule has 9 nitrogen and oxygen atoms in total. The van der Waals surface area contributed by atoms with Crippen LogP contribution in [0.1, 0.15) is 22.3 Å². The normalized spacial score (nSPS) is 14.5. The van der Waals surface area contributed by atoms with Gasteiger partial charge in [0, 0.05) is 14.7 Å². The van der Waals surface area contributed by atoms with E-state index >= 15 is 8.78 Å². The number of hydrogen-bond donors (Lipinski definition) is 0. The van der Waals surface area contributed by atoms with Crippen LogP contribution in [0.25, 0.3) is 0 Å². The lowest BCUT2D eigenvalue weighted by Crippen LogP contribution is -2.63. The highest BCUT2D eigenvalue weighted by atomic mass is 32.3. The standard InChI is InChI=1S/C38H19F21O9S4/c39-31(40,41)20-14-21(32(42,43)44)17-29(16-20)70(60,61)66-24-6-10-27(11-7-24)69(26-4-2-1-3-5-26,68-72(64,65)38(58,59)36(53,54)35(51,52)37(55,56)57)28-12-8-25(9-13-28)67-71(62,63)30-18-22(33(45,46)47)15-23(19-30)34(48,49)50/h1-19H. The molecule has 5 aromatic carbocycles. The van der Waals surface area contributed by atoms with E-state index in [0.29, 0.717) is 60.7 Å². The minimum atomic E-state index is -8.03. The summed E-state index contributed by atoms with van der Waals surface area (Å²) in [6.45, 7) is 0. The molecule has 5 rings (SSSR count). The fourth-order valence-corrected chi connectivity index (χ4v) is 12.9. The van der Waals surface area contributed by atoms with Crippen molar-refractivity contribution in [2.24, 2.45) is 0 Å². The molecule has 0 aliphatic heterocycles. The van der Waals surface area contributed by atoms with Gasteiger partial charge in [0.1, 0.15) is 21.3 Å². The van der Waals surface area contributed by atoms with E-state index < -0.39 is 159 Å². The molecule has 396 valence electrons. The van der Waals surface area contributed by atoms with Crippen LogP contribution in [0, 0.1) is 0 Å². The Morgan fingerprint density at radius 1 is 0.333 bits per heavy atom. The number of rotatable bonds is 14. The summed E-state index contributed by atoms with van der Waals surface area (Å²) in [6, 6.07) is 4.40. The first-order chi connectivity index (χ1) is 32.3. The predicted octanol–water partition coefficient (Wildman–Crippen LogP) is 13.3. The largest absolute Gasteiger partial charge is 0.460 e. The van der Waals surface area contributed by atoms with E-state index in [4.69, 9.17) is 0 Å². The Morgan fingerprint density at radius 3 is 0.903 bits per heavy atom. The maximum atomic E-state index is 15.4. The van der Waals surface area contributed by atoms with Gasteiger partial charge < -0.3 is 8.37 Å². The van der Waals surface area contributed by atoms with Gasteiger partial charge in [-0.15, -0.1) is 0 Å². The Balaban J connectivity index is 1.73. The average molecular weight is 1150 g/mol. The van der Waals surface area contributed by atoms with Crippen molar-refractivity contribution in [2.75, 3.05) is 0 Å². The highest BCUT2D eigenvalue weighted by Gasteiger charge is 2.86. The Labute approximate surface area is 390 Å². The summed E-state index contributed by atoms with van der Waals surface area (Å²) >= 11 is 0. The van der Waals surface area contributed by atoms with Gasteiger partial charge in [-0.25, -0.2) is 3.63 Å². The molecule has 0 aliphatic rings. The molecule has 0 radical (unpaired) electrons. The van der Waals surface area contributed by atoms with Crippen LogP contribution in [0.3, 0.4) is 0 Å². The van der Waals surface area contributed by atoms with Gasteiger partial charge in [0.05, 0.1) is 22.3 Å². The van der Waals surface area contributed by atoms with Crippen molar-refractivity contribution in [1.29, 1.82) is 0 Å². The lowest BCUT2D eigenvalue weighted by atomic mass is 10.1. The molecule has 0 saturated heterocycles. The van der Waals surface area contributed by atoms with Crippen LogP contribution in [0.15, 0.2) is 140 Å². The van der Waals surface area contributed by atoms with E-state index in [9.17, 15) is 109 Å². The average Bonchev–Trinajstić information content (AvgIpc) is 3.24. The van der Waals surface area contributed by atoms with Gasteiger partial charge in [-0.3, -0.25) is 0 Å². The first-order valence-electron chi connectivity index (χ1n) is 18.0. The van der Waals surface area contributed by atoms with Crippen molar-refractivity contribution in [3.8, 4) is 11.5 Å². The molecule has 0 atom stereocenters. The van der Waals surface area contributed by atoms with Crippen LogP contribution in [0.2, 0.25) is 0 Å². The number of halogens is 21.